The van der Waals surface area contributed by atoms with E-state index in [4.69, 9.17) is 17.3 Å². The minimum absolute atomic E-state index is 0.0547. The maximum Gasteiger partial charge on any atom is 0.244 e. The molecule has 8 heteroatoms. The number of nitrogens with two attached hydrogens (primary N) is 1. The smallest absolute Gasteiger partial charge is 0.244 e. The fraction of sp³-hybridized carbons (Fsp3) is 0.545. The molecule has 0 aliphatic rings. The molecule has 1 heterocycles. The molecule has 0 unspecified atom stereocenters. The van der Waals surface area contributed by atoms with Crippen molar-refractivity contribution in [2.75, 3.05) is 40.0 Å². The van der Waals surface area contributed by atoms with Crippen molar-refractivity contribution in [1.82, 2.24) is 14.2 Å². The Labute approximate surface area is 119 Å². The minimum Gasteiger partial charge on any atom is -0.382 e. The summed E-state index contributed by atoms with van der Waals surface area (Å²) in [6.45, 7) is 1.25. The quantitative estimate of drug-likeness (QED) is 0.844. The lowest BCUT2D eigenvalue weighted by Crippen LogP contribution is -2.30. The molecule has 0 radical (unpaired) electrons. The molecule has 19 heavy (non-hydrogen) atoms. The van der Waals surface area contributed by atoms with Gasteiger partial charge in [-0.2, -0.15) is 0 Å². The molecule has 1 aromatic heterocycles. The van der Waals surface area contributed by atoms with Gasteiger partial charge in [-0.25, -0.2) is 17.7 Å². The summed E-state index contributed by atoms with van der Waals surface area (Å²) in [7, 11) is 1.86. The Morgan fingerprint density at radius 1 is 1.32 bits per heavy atom. The van der Waals surface area contributed by atoms with Crippen molar-refractivity contribution in [3.05, 3.63) is 17.3 Å². The van der Waals surface area contributed by atoms with Gasteiger partial charge in [-0.1, -0.05) is 11.6 Å². The third-order valence-corrected chi connectivity index (χ3v) is 4.76. The van der Waals surface area contributed by atoms with Gasteiger partial charge in [0.2, 0.25) is 10.0 Å². The lowest BCUT2D eigenvalue weighted by molar-refractivity contribution is 0.370. The zero-order valence-electron chi connectivity index (χ0n) is 11.3. The molecule has 1 aromatic rings. The molecule has 0 spiro atoms. The Morgan fingerprint density at radius 2 is 1.95 bits per heavy atom. The van der Waals surface area contributed by atoms with Crippen LogP contribution in [0, 0.1) is 0 Å². The van der Waals surface area contributed by atoms with Crippen molar-refractivity contribution >= 4 is 27.4 Å². The number of nitrogen functional groups attached to an aromatic ring is 1. The average Bonchev–Trinajstić information content (AvgIpc) is 2.31. The van der Waals surface area contributed by atoms with Crippen LogP contribution >= 0.6 is 11.6 Å². The standard InChI is InChI=1S/C11H19ClN4O2S/c1-15(2)5-4-6-16(3)19(17,18)9-7-10(12)11(13)14-8-9/h7-8H,4-6H2,1-3H3,(H2,13,14). The van der Waals surface area contributed by atoms with Crippen LogP contribution in [0.2, 0.25) is 5.02 Å². The fourth-order valence-corrected chi connectivity index (χ4v) is 2.89. The van der Waals surface area contributed by atoms with Gasteiger partial charge >= 0.3 is 0 Å². The van der Waals surface area contributed by atoms with Crippen LogP contribution in [0.5, 0.6) is 0 Å². The zero-order chi connectivity index (χ0) is 14.6. The van der Waals surface area contributed by atoms with Gasteiger partial charge in [-0.05, 0) is 33.1 Å². The second-order valence-corrected chi connectivity index (χ2v) is 6.97. The van der Waals surface area contributed by atoms with Crippen molar-refractivity contribution < 1.29 is 8.42 Å². The molecule has 1 rings (SSSR count). The van der Waals surface area contributed by atoms with Crippen LogP contribution in [-0.4, -0.2) is 56.8 Å². The summed E-state index contributed by atoms with van der Waals surface area (Å²) in [4.78, 5) is 5.82. The number of pyridine rings is 1. The molecule has 0 fully saturated rings. The predicted octanol–water partition coefficient (Wildman–Crippen LogP) is 0.889. The molecule has 0 saturated carbocycles. The van der Waals surface area contributed by atoms with E-state index in [1.165, 1.54) is 23.6 Å². The number of hydrogen-bond donors (Lipinski definition) is 1. The molecule has 0 aliphatic carbocycles. The summed E-state index contributed by atoms with van der Waals surface area (Å²) in [5.41, 5.74) is 5.46. The minimum atomic E-state index is -3.56. The first kappa shape index (κ1) is 16.2. The summed E-state index contributed by atoms with van der Waals surface area (Å²) in [6.07, 6.45) is 1.97. The Morgan fingerprint density at radius 3 is 2.47 bits per heavy atom. The van der Waals surface area contributed by atoms with Gasteiger partial charge in [0.05, 0.1) is 5.02 Å². The number of sulfonamides is 1. The number of nitrogens with zero attached hydrogens (tertiary/aromatic N) is 3. The van der Waals surface area contributed by atoms with Crippen LogP contribution in [0.15, 0.2) is 17.2 Å². The van der Waals surface area contributed by atoms with E-state index in [9.17, 15) is 8.42 Å². The highest BCUT2D eigenvalue weighted by Gasteiger charge is 2.21. The van der Waals surface area contributed by atoms with Crippen LogP contribution in [-0.2, 0) is 10.0 Å². The van der Waals surface area contributed by atoms with E-state index in [0.29, 0.717) is 6.54 Å². The molecule has 0 aromatic carbocycles. The first-order valence-electron chi connectivity index (χ1n) is 5.77. The van der Waals surface area contributed by atoms with E-state index in [0.717, 1.165) is 13.0 Å². The molecule has 0 bridgehead atoms. The van der Waals surface area contributed by atoms with Crippen LogP contribution in [0.4, 0.5) is 5.82 Å². The normalized spacial score (nSPS) is 12.3. The Bertz CT molecular complexity index is 533. The van der Waals surface area contributed by atoms with E-state index in [2.05, 4.69) is 4.98 Å². The van der Waals surface area contributed by atoms with Gasteiger partial charge in [0.1, 0.15) is 10.7 Å². The average molecular weight is 307 g/mol. The lowest BCUT2D eigenvalue weighted by Gasteiger charge is -2.18. The number of anilines is 1. The van der Waals surface area contributed by atoms with Crippen molar-refractivity contribution in [1.29, 1.82) is 0 Å². The van der Waals surface area contributed by atoms with Crippen molar-refractivity contribution in [3.63, 3.8) is 0 Å². The Kier molecular flexibility index (Phi) is 5.54. The molecule has 6 nitrogen and oxygen atoms in total. The van der Waals surface area contributed by atoms with Gasteiger partial charge in [0, 0.05) is 19.8 Å². The van der Waals surface area contributed by atoms with Gasteiger partial charge in [-0.3, -0.25) is 0 Å². The Hall–Kier alpha value is -0.890. The summed E-state index contributed by atoms with van der Waals surface area (Å²) in [5, 5.41) is 0.141. The maximum absolute atomic E-state index is 12.2. The Balaban J connectivity index is 2.81. The van der Waals surface area contributed by atoms with Gasteiger partial charge < -0.3 is 10.6 Å². The summed E-state index contributed by atoms with van der Waals surface area (Å²) < 4.78 is 25.8. The molecule has 0 atom stereocenters. The van der Waals surface area contributed by atoms with Crippen molar-refractivity contribution in [3.8, 4) is 0 Å². The number of halogens is 1. The molecular weight excluding hydrogens is 288 g/mol. The predicted molar refractivity (Wildman–Crippen MR) is 76.6 cm³/mol. The highest BCUT2D eigenvalue weighted by atomic mass is 35.5. The molecular formula is C11H19ClN4O2S. The van der Waals surface area contributed by atoms with E-state index >= 15 is 0 Å². The third-order valence-electron chi connectivity index (χ3n) is 2.63. The van der Waals surface area contributed by atoms with E-state index in [1.807, 2.05) is 19.0 Å². The van der Waals surface area contributed by atoms with E-state index in [1.54, 1.807) is 0 Å². The summed E-state index contributed by atoms with van der Waals surface area (Å²) in [5.74, 6) is 0.121. The van der Waals surface area contributed by atoms with Gasteiger partial charge in [0.15, 0.2) is 0 Å². The largest absolute Gasteiger partial charge is 0.382 e. The molecule has 0 saturated heterocycles. The first-order valence-corrected chi connectivity index (χ1v) is 7.59. The highest BCUT2D eigenvalue weighted by Crippen LogP contribution is 2.21. The molecule has 108 valence electrons. The highest BCUT2D eigenvalue weighted by molar-refractivity contribution is 7.89. The van der Waals surface area contributed by atoms with E-state index < -0.39 is 10.0 Å². The molecule has 2 N–H and O–H groups in total. The van der Waals surface area contributed by atoms with E-state index in [-0.39, 0.29) is 15.7 Å². The molecule has 0 amide bonds. The second-order valence-electron chi connectivity index (χ2n) is 4.52. The molecule has 0 aliphatic heterocycles. The van der Waals surface area contributed by atoms with Crippen LogP contribution in [0.3, 0.4) is 0 Å². The SMILES string of the molecule is CN(C)CCCN(C)S(=O)(=O)c1cnc(N)c(Cl)c1. The second kappa shape index (κ2) is 6.51. The number of aromatic nitrogens is 1. The monoisotopic (exact) mass is 306 g/mol. The van der Waals surface area contributed by atoms with Crippen LogP contribution < -0.4 is 5.73 Å². The summed E-state index contributed by atoms with van der Waals surface area (Å²) in [6, 6.07) is 1.32. The van der Waals surface area contributed by atoms with Gasteiger partial charge in [0.25, 0.3) is 0 Å². The lowest BCUT2D eigenvalue weighted by atomic mass is 10.4. The van der Waals surface area contributed by atoms with Crippen molar-refractivity contribution in [2.24, 2.45) is 0 Å². The maximum atomic E-state index is 12.2. The topological polar surface area (TPSA) is 79.5 Å². The first-order chi connectivity index (χ1) is 8.75. The summed E-state index contributed by atoms with van der Waals surface area (Å²) >= 11 is 5.79. The van der Waals surface area contributed by atoms with Crippen LogP contribution in [0.1, 0.15) is 6.42 Å². The van der Waals surface area contributed by atoms with Crippen LogP contribution in [0.25, 0.3) is 0 Å². The zero-order valence-corrected chi connectivity index (χ0v) is 12.9. The number of rotatable bonds is 6. The van der Waals surface area contributed by atoms with Crippen molar-refractivity contribution in [2.45, 2.75) is 11.3 Å². The third kappa shape index (κ3) is 4.31. The fourth-order valence-electron chi connectivity index (χ4n) is 1.48. The van der Waals surface area contributed by atoms with Gasteiger partial charge in [-0.15, -0.1) is 0 Å². The number of hydrogen-bond acceptors (Lipinski definition) is 5.